The van der Waals surface area contributed by atoms with Gasteiger partial charge in [-0.3, -0.25) is 9.20 Å². The van der Waals surface area contributed by atoms with Crippen LogP contribution in [0.3, 0.4) is 0 Å². The number of amides is 1. The molecule has 0 atom stereocenters. The van der Waals surface area contributed by atoms with Gasteiger partial charge in [0, 0.05) is 13.1 Å². The Hall–Kier alpha value is -3.86. The predicted molar refractivity (Wildman–Crippen MR) is 105 cm³/mol. The first-order valence-corrected chi connectivity index (χ1v) is 8.73. The van der Waals surface area contributed by atoms with Crippen LogP contribution < -0.4 is 10.2 Å². The van der Waals surface area contributed by atoms with E-state index >= 15 is 0 Å². The average Bonchev–Trinajstić information content (AvgIpc) is 3.24. The van der Waals surface area contributed by atoms with Crippen LogP contribution in [0.5, 0.6) is 0 Å². The number of fused-ring (bicyclic) bond motifs is 3. The molecule has 0 saturated carbocycles. The number of aryl methyl sites for hydroxylation is 2. The first-order valence-electron chi connectivity index (χ1n) is 8.73. The topological polar surface area (TPSA) is 99.5 Å². The molecule has 0 aliphatic carbocycles. The molecule has 0 aliphatic rings. The van der Waals surface area contributed by atoms with Crippen molar-refractivity contribution < 1.29 is 9.32 Å². The molecule has 3 heterocycles. The van der Waals surface area contributed by atoms with E-state index in [0.717, 1.165) is 22.4 Å². The highest BCUT2D eigenvalue weighted by Crippen LogP contribution is 2.28. The summed E-state index contributed by atoms with van der Waals surface area (Å²) < 4.78 is 6.88. The van der Waals surface area contributed by atoms with Crippen molar-refractivity contribution in [2.24, 2.45) is 0 Å². The van der Waals surface area contributed by atoms with E-state index < -0.39 is 0 Å². The van der Waals surface area contributed by atoms with Crippen molar-refractivity contribution in [2.45, 2.75) is 13.8 Å². The summed E-state index contributed by atoms with van der Waals surface area (Å²) in [6.45, 7) is 3.72. The lowest BCUT2D eigenvalue weighted by atomic mass is 10.1. The van der Waals surface area contributed by atoms with Gasteiger partial charge in [0.05, 0.1) is 23.1 Å². The first kappa shape index (κ1) is 17.5. The van der Waals surface area contributed by atoms with E-state index in [4.69, 9.17) is 4.52 Å². The number of rotatable bonds is 4. The smallest absolute Gasteiger partial charge is 0.245 e. The summed E-state index contributed by atoms with van der Waals surface area (Å²) in [6.07, 6.45) is 0. The van der Waals surface area contributed by atoms with Gasteiger partial charge in [-0.2, -0.15) is 5.26 Å². The maximum atomic E-state index is 12.4. The second-order valence-electron chi connectivity index (χ2n) is 6.66. The third-order valence-electron chi connectivity index (χ3n) is 4.53. The summed E-state index contributed by atoms with van der Waals surface area (Å²) in [5.74, 6) is 1.55. The minimum atomic E-state index is -0.226. The number of aromatic nitrogens is 3. The minimum Gasteiger partial charge on any atom is -0.360 e. The first-order chi connectivity index (χ1) is 13.5. The fourth-order valence-corrected chi connectivity index (χ4v) is 3.26. The lowest BCUT2D eigenvalue weighted by Gasteiger charge is -2.21. The minimum absolute atomic E-state index is 0.0961. The van der Waals surface area contributed by atoms with Crippen molar-refractivity contribution in [1.29, 1.82) is 5.26 Å². The average molecular weight is 374 g/mol. The van der Waals surface area contributed by atoms with E-state index in [2.05, 4.69) is 21.5 Å². The quantitative estimate of drug-likeness (QED) is 0.589. The highest BCUT2D eigenvalue weighted by Gasteiger charge is 2.18. The summed E-state index contributed by atoms with van der Waals surface area (Å²) in [5.41, 5.74) is 3.58. The van der Waals surface area contributed by atoms with E-state index in [1.807, 2.05) is 53.6 Å². The van der Waals surface area contributed by atoms with Gasteiger partial charge in [0.1, 0.15) is 17.6 Å². The largest absolute Gasteiger partial charge is 0.360 e. The van der Waals surface area contributed by atoms with E-state index in [9.17, 15) is 10.1 Å². The molecule has 1 amide bonds. The van der Waals surface area contributed by atoms with Crippen LogP contribution in [0.15, 0.2) is 40.9 Å². The van der Waals surface area contributed by atoms with Gasteiger partial charge >= 0.3 is 0 Å². The summed E-state index contributed by atoms with van der Waals surface area (Å²) in [7, 11) is 1.82. The van der Waals surface area contributed by atoms with Crippen LogP contribution in [-0.4, -0.2) is 34.0 Å². The third-order valence-corrected chi connectivity index (χ3v) is 4.53. The zero-order chi connectivity index (χ0) is 19.8. The number of carbonyl (C=O) groups excluding carboxylic acids is 1. The van der Waals surface area contributed by atoms with Gasteiger partial charge in [-0.05, 0) is 37.6 Å². The van der Waals surface area contributed by atoms with Crippen molar-refractivity contribution in [1.82, 2.24) is 14.5 Å². The molecule has 0 aliphatic heterocycles. The maximum Gasteiger partial charge on any atom is 0.245 e. The Kier molecular flexibility index (Phi) is 4.20. The number of carbonyl (C=O) groups is 1. The van der Waals surface area contributed by atoms with Gasteiger partial charge in [0.15, 0.2) is 11.5 Å². The number of likely N-dealkylation sites (N-methyl/N-ethyl adjacent to an activating group) is 1. The molecule has 1 aromatic carbocycles. The van der Waals surface area contributed by atoms with Gasteiger partial charge in [-0.25, -0.2) is 4.98 Å². The Morgan fingerprint density at radius 2 is 2.11 bits per heavy atom. The maximum absolute atomic E-state index is 12.4. The van der Waals surface area contributed by atoms with Crippen LogP contribution in [0.25, 0.3) is 16.7 Å². The standard InChI is InChI=1S/C20H18N6O2/c1-12-8-19(25(3)11-18(27)23-17-9-13(2)28-24-17)26-16-7-5-4-6-15(16)22-20(26)14(12)10-21/h4-9H,11H2,1-3H3,(H,23,24,27). The number of anilines is 2. The number of imidazole rings is 1. The molecule has 0 spiro atoms. The number of hydrogen-bond donors (Lipinski definition) is 1. The molecule has 0 fully saturated rings. The summed E-state index contributed by atoms with van der Waals surface area (Å²) in [4.78, 5) is 18.9. The van der Waals surface area contributed by atoms with Crippen molar-refractivity contribution in [3.8, 4) is 6.07 Å². The summed E-state index contributed by atoms with van der Waals surface area (Å²) in [5, 5.41) is 16.1. The zero-order valence-corrected chi connectivity index (χ0v) is 15.7. The number of nitrogens with zero attached hydrogens (tertiary/aromatic N) is 5. The van der Waals surface area contributed by atoms with Crippen LogP contribution in [0.2, 0.25) is 0 Å². The second kappa shape index (κ2) is 6.70. The normalized spacial score (nSPS) is 10.9. The van der Waals surface area contributed by atoms with Crippen LogP contribution >= 0.6 is 0 Å². The van der Waals surface area contributed by atoms with Crippen molar-refractivity contribution in [3.63, 3.8) is 0 Å². The van der Waals surface area contributed by atoms with Crippen LogP contribution in [0.1, 0.15) is 16.9 Å². The summed E-state index contributed by atoms with van der Waals surface area (Å²) >= 11 is 0. The van der Waals surface area contributed by atoms with E-state index in [-0.39, 0.29) is 12.5 Å². The number of nitriles is 1. The predicted octanol–water partition coefficient (Wildman–Crippen LogP) is 3.04. The van der Waals surface area contributed by atoms with E-state index in [0.29, 0.717) is 22.8 Å². The number of benzene rings is 1. The van der Waals surface area contributed by atoms with Crippen molar-refractivity contribution in [2.75, 3.05) is 23.8 Å². The van der Waals surface area contributed by atoms with Gasteiger partial charge in [0.25, 0.3) is 0 Å². The lowest BCUT2D eigenvalue weighted by Crippen LogP contribution is -2.31. The SMILES string of the molecule is Cc1cc(NC(=O)CN(C)c2cc(C)c(C#N)c3nc4ccccc4n23)no1. The Morgan fingerprint density at radius 1 is 1.32 bits per heavy atom. The molecule has 140 valence electrons. The Morgan fingerprint density at radius 3 is 2.82 bits per heavy atom. The fourth-order valence-electron chi connectivity index (χ4n) is 3.26. The third kappa shape index (κ3) is 2.93. The summed E-state index contributed by atoms with van der Waals surface area (Å²) in [6, 6.07) is 13.5. The molecule has 28 heavy (non-hydrogen) atoms. The molecule has 0 unspecified atom stereocenters. The van der Waals surface area contributed by atoms with Gasteiger partial charge in [-0.1, -0.05) is 17.3 Å². The highest BCUT2D eigenvalue weighted by molar-refractivity contribution is 5.93. The molecule has 4 aromatic rings. The number of hydrogen-bond acceptors (Lipinski definition) is 6. The van der Waals surface area contributed by atoms with E-state index in [1.54, 1.807) is 13.0 Å². The van der Waals surface area contributed by atoms with Gasteiger partial charge in [0.2, 0.25) is 5.91 Å². The second-order valence-corrected chi connectivity index (χ2v) is 6.66. The van der Waals surface area contributed by atoms with Crippen LogP contribution in [-0.2, 0) is 4.79 Å². The van der Waals surface area contributed by atoms with Gasteiger partial charge < -0.3 is 14.7 Å². The number of nitrogens with one attached hydrogen (secondary N) is 1. The molecule has 4 rings (SSSR count). The molecule has 1 N–H and O–H groups in total. The molecule has 3 aromatic heterocycles. The van der Waals surface area contributed by atoms with Crippen LogP contribution in [0.4, 0.5) is 11.6 Å². The molecule has 0 bridgehead atoms. The molecular formula is C20H18N6O2. The van der Waals surface area contributed by atoms with Crippen molar-refractivity contribution in [3.05, 3.63) is 53.3 Å². The van der Waals surface area contributed by atoms with Crippen molar-refractivity contribution >= 4 is 34.2 Å². The number of para-hydroxylation sites is 2. The molecule has 0 saturated heterocycles. The Bertz CT molecular complexity index is 1250. The molecule has 8 nitrogen and oxygen atoms in total. The Labute approximate surface area is 161 Å². The van der Waals surface area contributed by atoms with Crippen LogP contribution in [0, 0.1) is 25.2 Å². The molecular weight excluding hydrogens is 356 g/mol. The monoisotopic (exact) mass is 374 g/mol. The fraction of sp³-hybridized carbons (Fsp3) is 0.200. The Balaban J connectivity index is 1.75. The number of pyridine rings is 1. The van der Waals surface area contributed by atoms with E-state index in [1.165, 1.54) is 0 Å². The lowest BCUT2D eigenvalue weighted by molar-refractivity contribution is -0.115. The zero-order valence-electron chi connectivity index (χ0n) is 15.7. The molecule has 8 heteroatoms. The highest BCUT2D eigenvalue weighted by atomic mass is 16.5. The molecule has 0 radical (unpaired) electrons. The van der Waals surface area contributed by atoms with Gasteiger partial charge in [-0.15, -0.1) is 0 Å².